The molecule has 1 aliphatic heterocycles. The smallest absolute Gasteiger partial charge is 0.338 e. The number of ether oxygens (including phenoxy) is 3. The van der Waals surface area contributed by atoms with E-state index in [-0.39, 0.29) is 6.61 Å². The number of rotatable bonds is 4. The second kappa shape index (κ2) is 5.54. The van der Waals surface area contributed by atoms with Crippen LogP contribution in [0.25, 0.3) is 0 Å². The highest BCUT2D eigenvalue weighted by Gasteiger charge is 2.80. The van der Waals surface area contributed by atoms with E-state index >= 15 is 0 Å². The van der Waals surface area contributed by atoms with Crippen molar-refractivity contribution in [2.45, 2.75) is 50.4 Å². The first-order valence-corrected chi connectivity index (χ1v) is 8.37. The van der Waals surface area contributed by atoms with E-state index in [0.717, 1.165) is 0 Å². The molecular formula is C19H24O6. The molecule has 2 bridgehead atoms. The third kappa shape index (κ3) is 2.17. The molecule has 0 amide bonds. The van der Waals surface area contributed by atoms with Gasteiger partial charge in [-0.1, -0.05) is 18.2 Å². The van der Waals surface area contributed by atoms with E-state index in [1.54, 1.807) is 51.1 Å². The van der Waals surface area contributed by atoms with Crippen LogP contribution >= 0.6 is 0 Å². The second-order valence-electron chi connectivity index (χ2n) is 7.48. The van der Waals surface area contributed by atoms with Crippen LogP contribution in [0.4, 0.5) is 0 Å². The van der Waals surface area contributed by atoms with Crippen molar-refractivity contribution in [1.82, 2.24) is 0 Å². The fraction of sp³-hybridized carbons (Fsp3) is 0.579. The Morgan fingerprint density at radius 3 is 2.44 bits per heavy atom. The van der Waals surface area contributed by atoms with E-state index in [1.165, 1.54) is 7.11 Å². The summed E-state index contributed by atoms with van der Waals surface area (Å²) in [7, 11) is 1.48. The molecule has 6 nitrogen and oxygen atoms in total. The van der Waals surface area contributed by atoms with Gasteiger partial charge in [-0.15, -0.1) is 0 Å². The molecule has 136 valence electrons. The zero-order valence-electron chi connectivity index (χ0n) is 15.0. The molecule has 1 aliphatic carbocycles. The molecule has 3 rings (SSSR count). The van der Waals surface area contributed by atoms with Crippen LogP contribution in [-0.2, 0) is 19.0 Å². The summed E-state index contributed by atoms with van der Waals surface area (Å²) < 4.78 is 16.8. The lowest BCUT2D eigenvalue weighted by Crippen LogP contribution is -2.71. The van der Waals surface area contributed by atoms with E-state index in [0.29, 0.717) is 18.4 Å². The Hall–Kier alpha value is -1.92. The van der Waals surface area contributed by atoms with Gasteiger partial charge in [0.15, 0.2) is 5.41 Å². The lowest BCUT2D eigenvalue weighted by molar-refractivity contribution is -0.239. The number of aliphatic hydroxyl groups is 1. The number of carbonyl (C=O) groups excluding carboxylic acids is 2. The molecule has 0 spiro atoms. The molecule has 1 heterocycles. The molecule has 2 unspecified atom stereocenters. The molecule has 1 aromatic rings. The van der Waals surface area contributed by atoms with Gasteiger partial charge in [0, 0.05) is 7.11 Å². The lowest BCUT2D eigenvalue weighted by Gasteiger charge is -2.54. The first-order valence-electron chi connectivity index (χ1n) is 8.37. The first-order chi connectivity index (χ1) is 11.6. The van der Waals surface area contributed by atoms with Crippen LogP contribution in [0.1, 0.15) is 44.0 Å². The van der Waals surface area contributed by atoms with E-state index in [4.69, 9.17) is 14.2 Å². The third-order valence-corrected chi connectivity index (χ3v) is 6.34. The van der Waals surface area contributed by atoms with Crippen LogP contribution in [0.15, 0.2) is 30.3 Å². The van der Waals surface area contributed by atoms with Crippen LogP contribution in [0.2, 0.25) is 0 Å². The van der Waals surface area contributed by atoms with E-state index < -0.39 is 34.2 Å². The van der Waals surface area contributed by atoms with Crippen LogP contribution < -0.4 is 0 Å². The lowest BCUT2D eigenvalue weighted by atomic mass is 9.53. The monoisotopic (exact) mass is 348 g/mol. The Morgan fingerprint density at radius 2 is 1.84 bits per heavy atom. The van der Waals surface area contributed by atoms with Crippen molar-refractivity contribution >= 4 is 11.9 Å². The highest BCUT2D eigenvalue weighted by atomic mass is 16.6. The number of methoxy groups -OCH3 is 1. The van der Waals surface area contributed by atoms with Gasteiger partial charge in [0.25, 0.3) is 0 Å². The summed E-state index contributed by atoms with van der Waals surface area (Å²) in [6.07, 6.45) is 0.807. The zero-order valence-corrected chi connectivity index (χ0v) is 15.0. The zero-order chi connectivity index (χ0) is 18.5. The minimum atomic E-state index is -1.49. The highest BCUT2D eigenvalue weighted by Crippen LogP contribution is 2.63. The van der Waals surface area contributed by atoms with Gasteiger partial charge in [-0.3, -0.25) is 4.79 Å². The van der Waals surface area contributed by atoms with Crippen molar-refractivity contribution < 1.29 is 28.9 Å². The van der Waals surface area contributed by atoms with Gasteiger partial charge < -0.3 is 19.3 Å². The summed E-state index contributed by atoms with van der Waals surface area (Å²) in [6.45, 7) is 4.80. The van der Waals surface area contributed by atoms with Crippen molar-refractivity contribution in [3.8, 4) is 0 Å². The molecular weight excluding hydrogens is 324 g/mol. The predicted molar refractivity (Wildman–Crippen MR) is 88.9 cm³/mol. The van der Waals surface area contributed by atoms with Crippen molar-refractivity contribution in [2.24, 2.45) is 5.41 Å². The molecule has 6 heteroatoms. The molecule has 25 heavy (non-hydrogen) atoms. The number of esters is 2. The summed E-state index contributed by atoms with van der Waals surface area (Å²) in [5.41, 5.74) is -4.56. The van der Waals surface area contributed by atoms with E-state index in [2.05, 4.69) is 0 Å². The Morgan fingerprint density at radius 1 is 1.20 bits per heavy atom. The second-order valence-corrected chi connectivity index (χ2v) is 7.48. The number of hydrogen-bond donors (Lipinski definition) is 1. The number of carbonyl (C=O) groups is 2. The van der Waals surface area contributed by atoms with Gasteiger partial charge in [-0.25, -0.2) is 4.79 Å². The fourth-order valence-corrected chi connectivity index (χ4v) is 4.33. The van der Waals surface area contributed by atoms with Gasteiger partial charge >= 0.3 is 11.9 Å². The Kier molecular flexibility index (Phi) is 3.96. The number of benzene rings is 1. The summed E-state index contributed by atoms with van der Waals surface area (Å²) in [4.78, 5) is 25.2. The standard InChI is InChI=1S/C19H24O6/c1-16(22)10-11-17(2)18(3,23-4)19(16,15(21)25-17)12-24-14(20)13-8-6-5-7-9-13/h5-9,22H,10-12H2,1-4H3/t16?,17-,18-,19?/m0/s1. The van der Waals surface area contributed by atoms with Gasteiger partial charge in [0.1, 0.15) is 17.8 Å². The fourth-order valence-electron chi connectivity index (χ4n) is 4.33. The summed E-state index contributed by atoms with van der Waals surface area (Å²) in [6, 6.07) is 8.51. The first kappa shape index (κ1) is 17.9. The average Bonchev–Trinajstić information content (AvgIpc) is 2.71. The van der Waals surface area contributed by atoms with Crippen LogP contribution in [0.5, 0.6) is 0 Å². The Labute approximate surface area is 147 Å². The van der Waals surface area contributed by atoms with Crippen LogP contribution in [0, 0.1) is 5.41 Å². The van der Waals surface area contributed by atoms with Gasteiger partial charge in [-0.2, -0.15) is 0 Å². The topological polar surface area (TPSA) is 82.1 Å². The van der Waals surface area contributed by atoms with Crippen molar-refractivity contribution in [3.05, 3.63) is 35.9 Å². The molecule has 1 N–H and O–H groups in total. The largest absolute Gasteiger partial charge is 0.461 e. The quantitative estimate of drug-likeness (QED) is 0.839. The number of hydrogen-bond acceptors (Lipinski definition) is 6. The molecule has 2 fully saturated rings. The maximum absolute atomic E-state index is 12.9. The van der Waals surface area contributed by atoms with Crippen LogP contribution in [-0.4, -0.2) is 47.6 Å². The van der Waals surface area contributed by atoms with Crippen LogP contribution in [0.3, 0.4) is 0 Å². The van der Waals surface area contributed by atoms with Crippen molar-refractivity contribution in [2.75, 3.05) is 13.7 Å². The van der Waals surface area contributed by atoms with Gasteiger partial charge in [-0.05, 0) is 45.7 Å². The number of fused-ring (bicyclic) bond motifs is 2. The molecule has 2 aliphatic rings. The molecule has 1 saturated carbocycles. The molecule has 0 aromatic heterocycles. The minimum absolute atomic E-state index is 0.313. The van der Waals surface area contributed by atoms with E-state index in [1.807, 2.05) is 0 Å². The van der Waals surface area contributed by atoms with E-state index in [9.17, 15) is 14.7 Å². The highest BCUT2D eigenvalue weighted by molar-refractivity contribution is 5.90. The van der Waals surface area contributed by atoms with Gasteiger partial charge in [0.05, 0.1) is 11.2 Å². The maximum Gasteiger partial charge on any atom is 0.338 e. The summed E-state index contributed by atoms with van der Waals surface area (Å²) in [5, 5.41) is 11.1. The normalized spacial score (nSPS) is 39.8. The van der Waals surface area contributed by atoms with Crippen molar-refractivity contribution in [1.29, 1.82) is 0 Å². The minimum Gasteiger partial charge on any atom is -0.461 e. The summed E-state index contributed by atoms with van der Waals surface area (Å²) >= 11 is 0. The van der Waals surface area contributed by atoms with Gasteiger partial charge in [0.2, 0.25) is 0 Å². The third-order valence-electron chi connectivity index (χ3n) is 6.34. The molecule has 1 aromatic carbocycles. The Bertz CT molecular complexity index is 699. The van der Waals surface area contributed by atoms with Crippen molar-refractivity contribution in [3.63, 3.8) is 0 Å². The maximum atomic E-state index is 12.9. The Balaban J connectivity index is 1.97. The molecule has 1 saturated heterocycles. The molecule has 0 radical (unpaired) electrons. The molecule has 4 atom stereocenters. The average molecular weight is 348 g/mol. The summed E-state index contributed by atoms with van der Waals surface area (Å²) in [5.74, 6) is -1.15. The predicted octanol–water partition coefficient (Wildman–Crippen LogP) is 2.10. The SMILES string of the molecule is CO[C@]1(C)C2(COC(=O)c3ccccc3)C(=O)O[C@@]1(C)CCC2(C)O.